The zero-order valence-corrected chi connectivity index (χ0v) is 15.1. The van der Waals surface area contributed by atoms with E-state index in [1.165, 1.54) is 0 Å². The third kappa shape index (κ3) is 4.98. The summed E-state index contributed by atoms with van der Waals surface area (Å²) in [6, 6.07) is 26.0. The Bertz CT molecular complexity index is 931. The molecule has 0 aliphatic rings. The van der Waals surface area contributed by atoms with E-state index in [9.17, 15) is 4.79 Å². The van der Waals surface area contributed by atoms with Crippen LogP contribution in [-0.2, 0) is 0 Å². The van der Waals surface area contributed by atoms with Crippen LogP contribution in [0.3, 0.4) is 0 Å². The summed E-state index contributed by atoms with van der Waals surface area (Å²) in [4.78, 5) is 12.9. The summed E-state index contributed by atoms with van der Waals surface area (Å²) in [5.74, 6) is 0.646. The van der Waals surface area contributed by atoms with Crippen molar-refractivity contribution in [1.82, 2.24) is 0 Å². The molecule has 0 aliphatic carbocycles. The maximum absolute atomic E-state index is 12.9. The molecule has 0 amide bonds. The van der Waals surface area contributed by atoms with Crippen molar-refractivity contribution in [2.45, 2.75) is 6.92 Å². The Morgan fingerprint density at radius 2 is 1.44 bits per heavy atom. The molecular formula is C23H20N2O2. The van der Waals surface area contributed by atoms with Gasteiger partial charge in [-0.2, -0.15) is 5.10 Å². The Kier molecular flexibility index (Phi) is 6.26. The second kappa shape index (κ2) is 9.25. The highest BCUT2D eigenvalue weighted by molar-refractivity contribution is 6.51. The first-order chi connectivity index (χ1) is 13.3. The summed E-state index contributed by atoms with van der Waals surface area (Å²) < 4.78 is 5.43. The predicted molar refractivity (Wildman–Crippen MR) is 109 cm³/mol. The minimum atomic E-state index is -0.161. The minimum Gasteiger partial charge on any atom is -0.494 e. The topological polar surface area (TPSA) is 51.0 Å². The lowest BCUT2D eigenvalue weighted by Gasteiger charge is -2.04. The third-order valence-electron chi connectivity index (χ3n) is 3.85. The lowest BCUT2D eigenvalue weighted by molar-refractivity contribution is 0.106. The van der Waals surface area contributed by atoms with Crippen LogP contribution in [0.25, 0.3) is 0 Å². The predicted octanol–water partition coefficient (Wildman–Crippen LogP) is 4.79. The van der Waals surface area contributed by atoms with Crippen molar-refractivity contribution >= 4 is 17.7 Å². The number of hydrogen-bond acceptors (Lipinski definition) is 4. The number of rotatable bonds is 7. The van der Waals surface area contributed by atoms with E-state index < -0.39 is 0 Å². The van der Waals surface area contributed by atoms with Crippen LogP contribution >= 0.6 is 0 Å². The smallest absolute Gasteiger partial charge is 0.213 e. The number of carbonyl (C=O) groups is 1. The maximum atomic E-state index is 12.9. The molecule has 0 unspecified atom stereocenters. The van der Waals surface area contributed by atoms with Gasteiger partial charge in [-0.05, 0) is 36.8 Å². The first kappa shape index (κ1) is 18.3. The molecule has 3 aromatic rings. The number of Topliss-reactive ketones (excluding diaryl/α,β-unsaturated/α-hetero) is 1. The van der Waals surface area contributed by atoms with Gasteiger partial charge < -0.3 is 4.74 Å². The van der Waals surface area contributed by atoms with Gasteiger partial charge in [-0.25, -0.2) is 0 Å². The zero-order valence-electron chi connectivity index (χ0n) is 15.1. The molecule has 0 spiro atoms. The van der Waals surface area contributed by atoms with Crippen molar-refractivity contribution in [3.8, 4) is 5.75 Å². The van der Waals surface area contributed by atoms with E-state index in [-0.39, 0.29) is 5.78 Å². The van der Waals surface area contributed by atoms with Crippen molar-refractivity contribution in [1.29, 1.82) is 0 Å². The molecule has 3 rings (SSSR count). The summed E-state index contributed by atoms with van der Waals surface area (Å²) in [7, 11) is 0. The Morgan fingerprint density at radius 3 is 2.04 bits per heavy atom. The lowest BCUT2D eigenvalue weighted by atomic mass is 10.0. The minimum absolute atomic E-state index is 0.161. The maximum Gasteiger partial charge on any atom is 0.213 e. The van der Waals surface area contributed by atoms with Crippen LogP contribution in [0.5, 0.6) is 5.75 Å². The van der Waals surface area contributed by atoms with Gasteiger partial charge in [0.2, 0.25) is 5.78 Å². The number of ether oxygens (including phenoxy) is 1. The molecular weight excluding hydrogens is 336 g/mol. The molecule has 4 heteroatoms. The highest BCUT2D eigenvalue weighted by Gasteiger charge is 2.15. The average Bonchev–Trinajstić information content (AvgIpc) is 2.73. The van der Waals surface area contributed by atoms with Crippen LogP contribution < -0.4 is 4.74 Å². The third-order valence-corrected chi connectivity index (χ3v) is 3.85. The Hall–Kier alpha value is -3.53. The Labute approximate surface area is 158 Å². The van der Waals surface area contributed by atoms with Crippen LogP contribution in [-0.4, -0.2) is 24.3 Å². The highest BCUT2D eigenvalue weighted by Crippen LogP contribution is 2.12. The molecule has 0 radical (unpaired) electrons. The summed E-state index contributed by atoms with van der Waals surface area (Å²) >= 11 is 0. The number of ketones is 1. The van der Waals surface area contributed by atoms with Crippen LogP contribution in [0.4, 0.5) is 0 Å². The summed E-state index contributed by atoms with van der Waals surface area (Å²) in [5, 5.41) is 8.37. The van der Waals surface area contributed by atoms with Gasteiger partial charge in [-0.1, -0.05) is 60.7 Å². The lowest BCUT2D eigenvalue weighted by Crippen LogP contribution is -2.15. The largest absolute Gasteiger partial charge is 0.494 e. The Morgan fingerprint density at radius 1 is 0.852 bits per heavy atom. The number of benzene rings is 3. The molecule has 0 aromatic heterocycles. The van der Waals surface area contributed by atoms with Gasteiger partial charge in [0, 0.05) is 11.1 Å². The first-order valence-electron chi connectivity index (χ1n) is 8.77. The second-order valence-electron chi connectivity index (χ2n) is 5.76. The van der Waals surface area contributed by atoms with Crippen molar-refractivity contribution in [2.24, 2.45) is 10.2 Å². The molecule has 134 valence electrons. The van der Waals surface area contributed by atoms with E-state index in [2.05, 4.69) is 10.2 Å². The fourth-order valence-electron chi connectivity index (χ4n) is 2.53. The van der Waals surface area contributed by atoms with Crippen LogP contribution in [0.2, 0.25) is 0 Å². The summed E-state index contributed by atoms with van der Waals surface area (Å²) in [6.45, 7) is 2.57. The molecule has 0 atom stereocenters. The fraction of sp³-hybridized carbons (Fsp3) is 0.0870. The quantitative estimate of drug-likeness (QED) is 0.347. The van der Waals surface area contributed by atoms with Gasteiger partial charge in [0.15, 0.2) is 0 Å². The number of hydrogen-bond donors (Lipinski definition) is 0. The van der Waals surface area contributed by atoms with Crippen molar-refractivity contribution in [3.63, 3.8) is 0 Å². The normalized spacial score (nSPS) is 11.5. The molecule has 0 heterocycles. The summed E-state index contributed by atoms with van der Waals surface area (Å²) in [6.07, 6.45) is 1.62. The monoisotopic (exact) mass is 356 g/mol. The molecule has 0 aliphatic heterocycles. The zero-order chi connectivity index (χ0) is 18.9. The van der Waals surface area contributed by atoms with Gasteiger partial charge >= 0.3 is 0 Å². The van der Waals surface area contributed by atoms with Crippen LogP contribution in [0.1, 0.15) is 28.4 Å². The van der Waals surface area contributed by atoms with E-state index in [1.54, 1.807) is 18.3 Å². The van der Waals surface area contributed by atoms with E-state index in [4.69, 9.17) is 4.74 Å². The highest BCUT2D eigenvalue weighted by atomic mass is 16.5. The van der Waals surface area contributed by atoms with E-state index in [1.807, 2.05) is 79.7 Å². The molecule has 3 aromatic carbocycles. The van der Waals surface area contributed by atoms with Gasteiger partial charge in [-0.15, -0.1) is 5.10 Å². The van der Waals surface area contributed by atoms with E-state index in [0.717, 1.165) is 16.9 Å². The molecule has 4 nitrogen and oxygen atoms in total. The Balaban J connectivity index is 1.87. The molecule has 0 saturated carbocycles. The molecule has 0 saturated heterocycles. The number of nitrogens with zero attached hydrogens (tertiary/aromatic N) is 2. The summed E-state index contributed by atoms with van der Waals surface area (Å²) in [5.41, 5.74) is 2.50. The molecule has 0 N–H and O–H groups in total. The first-order valence-corrected chi connectivity index (χ1v) is 8.77. The fourth-order valence-corrected chi connectivity index (χ4v) is 2.53. The van der Waals surface area contributed by atoms with Crippen molar-refractivity contribution in [2.75, 3.05) is 6.61 Å². The SMILES string of the molecule is CCOc1ccc(/C=N\N=C(/C(=O)c2ccccc2)c2ccccc2)cc1. The second-order valence-corrected chi connectivity index (χ2v) is 5.76. The molecule has 0 fully saturated rings. The number of carbonyl (C=O) groups excluding carboxylic acids is 1. The van der Waals surface area contributed by atoms with E-state index >= 15 is 0 Å². The van der Waals surface area contributed by atoms with Gasteiger partial charge in [0.1, 0.15) is 11.5 Å². The standard InChI is InChI=1S/C23H20N2O2/c1-2-27-21-15-13-18(14-16-21)17-24-25-22(19-9-5-3-6-10-19)23(26)20-11-7-4-8-12-20/h3-17H,2H2,1H3/b24-17-,25-22-. The van der Waals surface area contributed by atoms with Crippen LogP contribution in [0, 0.1) is 0 Å². The average molecular weight is 356 g/mol. The van der Waals surface area contributed by atoms with Gasteiger partial charge in [0.05, 0.1) is 12.8 Å². The van der Waals surface area contributed by atoms with E-state index in [0.29, 0.717) is 17.9 Å². The molecule has 27 heavy (non-hydrogen) atoms. The van der Waals surface area contributed by atoms with Crippen molar-refractivity contribution < 1.29 is 9.53 Å². The van der Waals surface area contributed by atoms with Gasteiger partial charge in [-0.3, -0.25) is 4.79 Å². The van der Waals surface area contributed by atoms with Crippen LogP contribution in [0.15, 0.2) is 95.1 Å². The molecule has 0 bridgehead atoms. The van der Waals surface area contributed by atoms with Gasteiger partial charge in [0.25, 0.3) is 0 Å². The van der Waals surface area contributed by atoms with Crippen molar-refractivity contribution in [3.05, 3.63) is 102 Å².